The van der Waals surface area contributed by atoms with E-state index in [4.69, 9.17) is 5.73 Å². The van der Waals surface area contributed by atoms with Crippen molar-refractivity contribution in [3.63, 3.8) is 0 Å². The van der Waals surface area contributed by atoms with E-state index in [9.17, 15) is 13.2 Å². The lowest BCUT2D eigenvalue weighted by molar-refractivity contribution is -0.174. The van der Waals surface area contributed by atoms with Gasteiger partial charge in [-0.05, 0) is 12.8 Å². The van der Waals surface area contributed by atoms with E-state index in [-0.39, 0.29) is 12.6 Å². The SMILES string of the molecule is CCCCCCCCC(N)CCOCC(F)(F)F. The Hall–Kier alpha value is -0.290. The van der Waals surface area contributed by atoms with Crippen molar-refractivity contribution in [1.82, 2.24) is 0 Å². The minimum Gasteiger partial charge on any atom is -0.372 e. The largest absolute Gasteiger partial charge is 0.411 e. The molecule has 0 spiro atoms. The van der Waals surface area contributed by atoms with E-state index in [0.717, 1.165) is 19.3 Å². The molecule has 2 nitrogen and oxygen atoms in total. The molecule has 0 rings (SSSR count). The summed E-state index contributed by atoms with van der Waals surface area (Å²) in [6, 6.07) is -0.0376. The number of hydrogen-bond donors (Lipinski definition) is 1. The van der Waals surface area contributed by atoms with E-state index in [1.54, 1.807) is 0 Å². The molecule has 0 aliphatic heterocycles. The molecule has 1 unspecified atom stereocenters. The summed E-state index contributed by atoms with van der Waals surface area (Å²) < 4.78 is 39.8. The Kier molecular flexibility index (Phi) is 10.4. The fourth-order valence-electron chi connectivity index (χ4n) is 1.75. The summed E-state index contributed by atoms with van der Waals surface area (Å²) >= 11 is 0. The Morgan fingerprint density at radius 1 is 1.00 bits per heavy atom. The van der Waals surface area contributed by atoms with Gasteiger partial charge in [0.15, 0.2) is 0 Å². The number of unbranched alkanes of at least 4 members (excludes halogenated alkanes) is 5. The summed E-state index contributed by atoms with van der Waals surface area (Å²) in [4.78, 5) is 0. The monoisotopic (exact) mass is 269 g/mol. The summed E-state index contributed by atoms with van der Waals surface area (Å²) in [6.45, 7) is 1.10. The highest BCUT2D eigenvalue weighted by molar-refractivity contribution is 4.61. The molecule has 0 bridgehead atoms. The Morgan fingerprint density at radius 2 is 1.61 bits per heavy atom. The molecule has 0 radical (unpaired) electrons. The maximum Gasteiger partial charge on any atom is 0.411 e. The molecule has 0 aliphatic rings. The number of rotatable bonds is 11. The molecule has 0 saturated heterocycles. The molecule has 0 aromatic rings. The molecule has 0 aromatic carbocycles. The van der Waals surface area contributed by atoms with Gasteiger partial charge in [-0.25, -0.2) is 0 Å². The third-order valence-corrected chi connectivity index (χ3v) is 2.83. The highest BCUT2D eigenvalue weighted by Gasteiger charge is 2.27. The first-order valence-electron chi connectivity index (χ1n) is 6.85. The van der Waals surface area contributed by atoms with Crippen molar-refractivity contribution in [2.45, 2.75) is 70.5 Å². The zero-order valence-corrected chi connectivity index (χ0v) is 11.3. The van der Waals surface area contributed by atoms with Crippen LogP contribution in [0.1, 0.15) is 58.3 Å². The first-order valence-corrected chi connectivity index (χ1v) is 6.85. The fraction of sp³-hybridized carbons (Fsp3) is 1.00. The van der Waals surface area contributed by atoms with Gasteiger partial charge in [-0.2, -0.15) is 13.2 Å². The van der Waals surface area contributed by atoms with E-state index in [1.165, 1.54) is 25.7 Å². The molecular weight excluding hydrogens is 243 g/mol. The molecular formula is C13H26F3NO. The van der Waals surface area contributed by atoms with Crippen LogP contribution in [0.2, 0.25) is 0 Å². The summed E-state index contributed by atoms with van der Waals surface area (Å²) in [5.74, 6) is 0. The highest BCUT2D eigenvalue weighted by atomic mass is 19.4. The lowest BCUT2D eigenvalue weighted by Crippen LogP contribution is -2.24. The van der Waals surface area contributed by atoms with Gasteiger partial charge in [0.2, 0.25) is 0 Å². The Morgan fingerprint density at radius 3 is 2.22 bits per heavy atom. The topological polar surface area (TPSA) is 35.2 Å². The highest BCUT2D eigenvalue weighted by Crippen LogP contribution is 2.15. The molecule has 2 N–H and O–H groups in total. The number of ether oxygens (including phenoxy) is 1. The number of halogens is 3. The third kappa shape index (κ3) is 13.8. The van der Waals surface area contributed by atoms with Gasteiger partial charge in [-0.15, -0.1) is 0 Å². The first kappa shape index (κ1) is 17.7. The second-order valence-corrected chi connectivity index (χ2v) is 4.77. The van der Waals surface area contributed by atoms with E-state index >= 15 is 0 Å². The van der Waals surface area contributed by atoms with Gasteiger partial charge >= 0.3 is 6.18 Å². The molecule has 0 heterocycles. The zero-order valence-electron chi connectivity index (χ0n) is 11.3. The van der Waals surface area contributed by atoms with Crippen LogP contribution in [0.25, 0.3) is 0 Å². The van der Waals surface area contributed by atoms with E-state index < -0.39 is 12.8 Å². The molecule has 0 amide bonds. The minimum absolute atomic E-state index is 0.0376. The Labute approximate surface area is 108 Å². The normalized spacial score (nSPS) is 13.8. The van der Waals surface area contributed by atoms with Crippen molar-refractivity contribution in [3.05, 3.63) is 0 Å². The minimum atomic E-state index is -4.23. The van der Waals surface area contributed by atoms with Gasteiger partial charge in [-0.3, -0.25) is 0 Å². The van der Waals surface area contributed by atoms with E-state index in [2.05, 4.69) is 11.7 Å². The van der Waals surface area contributed by atoms with Crippen molar-refractivity contribution >= 4 is 0 Å². The van der Waals surface area contributed by atoms with Gasteiger partial charge in [0.1, 0.15) is 6.61 Å². The summed E-state index contributed by atoms with van der Waals surface area (Å²) in [5.41, 5.74) is 5.80. The maximum absolute atomic E-state index is 11.8. The van der Waals surface area contributed by atoms with Crippen LogP contribution in [0, 0.1) is 0 Å². The van der Waals surface area contributed by atoms with Crippen LogP contribution < -0.4 is 5.73 Å². The van der Waals surface area contributed by atoms with Crippen LogP contribution >= 0.6 is 0 Å². The quantitative estimate of drug-likeness (QED) is 0.575. The van der Waals surface area contributed by atoms with E-state index in [0.29, 0.717) is 6.42 Å². The second-order valence-electron chi connectivity index (χ2n) is 4.77. The molecule has 0 fully saturated rings. The van der Waals surface area contributed by atoms with Crippen molar-refractivity contribution in [2.24, 2.45) is 5.73 Å². The van der Waals surface area contributed by atoms with Crippen molar-refractivity contribution < 1.29 is 17.9 Å². The van der Waals surface area contributed by atoms with Crippen LogP contribution in [0.3, 0.4) is 0 Å². The van der Waals surface area contributed by atoms with Gasteiger partial charge < -0.3 is 10.5 Å². The Bertz CT molecular complexity index is 186. The molecule has 18 heavy (non-hydrogen) atoms. The molecule has 0 aliphatic carbocycles. The summed E-state index contributed by atoms with van der Waals surface area (Å²) in [6.07, 6.45) is 4.37. The fourth-order valence-corrected chi connectivity index (χ4v) is 1.75. The molecule has 110 valence electrons. The average Bonchev–Trinajstić information content (AvgIpc) is 2.28. The van der Waals surface area contributed by atoms with Crippen molar-refractivity contribution in [3.8, 4) is 0 Å². The van der Waals surface area contributed by atoms with Crippen LogP contribution in [0.15, 0.2) is 0 Å². The third-order valence-electron chi connectivity index (χ3n) is 2.83. The summed E-state index contributed by atoms with van der Waals surface area (Å²) in [5, 5.41) is 0. The average molecular weight is 269 g/mol. The van der Waals surface area contributed by atoms with Gasteiger partial charge in [0.25, 0.3) is 0 Å². The van der Waals surface area contributed by atoms with Crippen LogP contribution in [0.4, 0.5) is 13.2 Å². The molecule has 0 saturated carbocycles. The lowest BCUT2D eigenvalue weighted by atomic mass is 10.0. The number of alkyl halides is 3. The van der Waals surface area contributed by atoms with Crippen molar-refractivity contribution in [2.75, 3.05) is 13.2 Å². The predicted molar refractivity (Wildman–Crippen MR) is 67.5 cm³/mol. The van der Waals surface area contributed by atoms with Gasteiger partial charge in [0.05, 0.1) is 0 Å². The van der Waals surface area contributed by atoms with Crippen LogP contribution in [-0.2, 0) is 4.74 Å². The first-order chi connectivity index (χ1) is 8.45. The maximum atomic E-state index is 11.8. The zero-order chi connectivity index (χ0) is 13.9. The smallest absolute Gasteiger partial charge is 0.372 e. The predicted octanol–water partition coefficient (Wildman–Crippen LogP) is 4.03. The molecule has 0 aromatic heterocycles. The van der Waals surface area contributed by atoms with Crippen LogP contribution in [-0.4, -0.2) is 25.4 Å². The summed E-state index contributed by atoms with van der Waals surface area (Å²) in [7, 11) is 0. The standard InChI is InChI=1S/C13H26F3NO/c1-2-3-4-5-6-7-8-12(17)9-10-18-11-13(14,15)16/h12H,2-11,17H2,1H3. The Balaban J connectivity index is 3.25. The molecule has 5 heteroatoms. The molecule has 1 atom stereocenters. The second kappa shape index (κ2) is 10.6. The number of hydrogen-bond acceptors (Lipinski definition) is 2. The number of nitrogens with two attached hydrogens (primary N) is 1. The van der Waals surface area contributed by atoms with Gasteiger partial charge in [-0.1, -0.05) is 45.4 Å². The van der Waals surface area contributed by atoms with Crippen molar-refractivity contribution in [1.29, 1.82) is 0 Å². The van der Waals surface area contributed by atoms with Crippen LogP contribution in [0.5, 0.6) is 0 Å². The lowest BCUT2D eigenvalue weighted by Gasteiger charge is -2.12. The van der Waals surface area contributed by atoms with Gasteiger partial charge in [0, 0.05) is 12.6 Å². The van der Waals surface area contributed by atoms with E-state index in [1.807, 2.05) is 0 Å².